The monoisotopic (exact) mass is 527 g/mol. The number of nitrogens with one attached hydrogen (secondary N) is 2. The van der Waals surface area contributed by atoms with Crippen molar-refractivity contribution in [1.29, 1.82) is 0 Å². The summed E-state index contributed by atoms with van der Waals surface area (Å²) in [4.78, 5) is 15.5. The smallest absolute Gasteiger partial charge is 0.403 e. The molecular formula is C18H11ClF5N3O4S2. The molecule has 7 nitrogen and oxygen atoms in total. The van der Waals surface area contributed by atoms with Crippen molar-refractivity contribution in [3.8, 4) is 5.75 Å². The standard InChI is InChI=1S/C18H11ClF5N3O4S2/c19-15-8-26-17(32-15)27-33(29,30)10-2-3-11(12(20)6-10)16(28)25-7-9-1-4-14(13(21)5-9)31-18(22,23)24/h1-6,8H,7H2,(H,25,28)(H,26,27). The molecule has 0 atom stereocenters. The average Bonchev–Trinajstić information content (AvgIpc) is 3.10. The third-order valence-electron chi connectivity index (χ3n) is 3.87. The minimum absolute atomic E-state index is 0.0406. The summed E-state index contributed by atoms with van der Waals surface area (Å²) in [6.07, 6.45) is -3.85. The average molecular weight is 528 g/mol. The van der Waals surface area contributed by atoms with Crippen LogP contribution in [0, 0.1) is 11.6 Å². The maximum Gasteiger partial charge on any atom is 0.573 e. The summed E-state index contributed by atoms with van der Waals surface area (Å²) in [6.45, 7) is -0.353. The molecule has 0 saturated carbocycles. The van der Waals surface area contributed by atoms with Crippen molar-refractivity contribution in [3.63, 3.8) is 0 Å². The number of nitrogens with zero attached hydrogens (tertiary/aromatic N) is 1. The molecule has 1 amide bonds. The van der Waals surface area contributed by atoms with E-state index in [1.54, 1.807) is 0 Å². The van der Waals surface area contributed by atoms with Gasteiger partial charge in [0.15, 0.2) is 16.7 Å². The first-order valence-electron chi connectivity index (χ1n) is 8.60. The van der Waals surface area contributed by atoms with Crippen LogP contribution in [0.1, 0.15) is 15.9 Å². The molecule has 3 rings (SSSR count). The molecule has 1 aromatic heterocycles. The number of sulfonamides is 1. The van der Waals surface area contributed by atoms with Crippen molar-refractivity contribution in [2.24, 2.45) is 0 Å². The summed E-state index contributed by atoms with van der Waals surface area (Å²) in [5.74, 6) is -4.48. The molecule has 1 heterocycles. The van der Waals surface area contributed by atoms with Crippen LogP contribution in [-0.2, 0) is 16.6 Å². The zero-order valence-corrected chi connectivity index (χ0v) is 18.3. The van der Waals surface area contributed by atoms with Crippen LogP contribution in [0.4, 0.5) is 27.1 Å². The molecule has 33 heavy (non-hydrogen) atoms. The highest BCUT2D eigenvalue weighted by Gasteiger charge is 2.32. The Kier molecular flexibility index (Phi) is 7.09. The second-order valence-electron chi connectivity index (χ2n) is 6.21. The third-order valence-corrected chi connectivity index (χ3v) is 6.37. The van der Waals surface area contributed by atoms with E-state index in [0.29, 0.717) is 12.1 Å². The van der Waals surface area contributed by atoms with Gasteiger partial charge < -0.3 is 10.1 Å². The summed E-state index contributed by atoms with van der Waals surface area (Å²) in [5.41, 5.74) is -0.440. The molecule has 0 spiro atoms. The highest BCUT2D eigenvalue weighted by molar-refractivity contribution is 7.93. The van der Waals surface area contributed by atoms with Crippen molar-refractivity contribution in [3.05, 3.63) is 69.7 Å². The van der Waals surface area contributed by atoms with Crippen LogP contribution in [0.3, 0.4) is 0 Å². The fraction of sp³-hybridized carbons (Fsp3) is 0.111. The van der Waals surface area contributed by atoms with Gasteiger partial charge in [-0.3, -0.25) is 9.52 Å². The van der Waals surface area contributed by atoms with Crippen LogP contribution in [-0.4, -0.2) is 25.7 Å². The molecule has 15 heteroatoms. The van der Waals surface area contributed by atoms with Gasteiger partial charge in [0.1, 0.15) is 10.2 Å². The second-order valence-corrected chi connectivity index (χ2v) is 9.56. The van der Waals surface area contributed by atoms with E-state index >= 15 is 0 Å². The number of anilines is 1. The first kappa shape index (κ1) is 24.7. The number of carbonyl (C=O) groups is 1. The molecule has 0 bridgehead atoms. The summed E-state index contributed by atoms with van der Waals surface area (Å²) in [7, 11) is -4.21. The molecule has 2 aromatic carbocycles. The molecule has 0 saturated heterocycles. The number of hydrogen-bond donors (Lipinski definition) is 2. The molecule has 3 aromatic rings. The van der Waals surface area contributed by atoms with Crippen LogP contribution < -0.4 is 14.8 Å². The van der Waals surface area contributed by atoms with Gasteiger partial charge in [-0.2, -0.15) is 0 Å². The first-order valence-corrected chi connectivity index (χ1v) is 11.3. The molecule has 0 fully saturated rings. The number of ether oxygens (including phenoxy) is 1. The van der Waals surface area contributed by atoms with Gasteiger partial charge in [-0.1, -0.05) is 29.0 Å². The fourth-order valence-corrected chi connectivity index (χ4v) is 4.53. The highest BCUT2D eigenvalue weighted by Crippen LogP contribution is 2.27. The van der Waals surface area contributed by atoms with Crippen LogP contribution in [0.5, 0.6) is 5.75 Å². The van der Waals surface area contributed by atoms with E-state index in [1.807, 2.05) is 0 Å². The number of amides is 1. The summed E-state index contributed by atoms with van der Waals surface area (Å²) in [6, 6.07) is 5.05. The molecule has 176 valence electrons. The van der Waals surface area contributed by atoms with E-state index in [9.17, 15) is 35.2 Å². The maximum atomic E-state index is 14.4. The maximum absolute atomic E-state index is 14.4. The number of alkyl halides is 3. The lowest BCUT2D eigenvalue weighted by Gasteiger charge is -2.11. The van der Waals surface area contributed by atoms with Crippen LogP contribution in [0.2, 0.25) is 4.34 Å². The summed E-state index contributed by atoms with van der Waals surface area (Å²) >= 11 is 6.52. The van der Waals surface area contributed by atoms with Crippen molar-refractivity contribution < 1.29 is 39.9 Å². The number of carbonyl (C=O) groups excluding carboxylic acids is 1. The largest absolute Gasteiger partial charge is 0.573 e. The van der Waals surface area contributed by atoms with Crippen molar-refractivity contribution >= 4 is 44.0 Å². The predicted octanol–water partition coefficient (Wildman–Crippen LogP) is 4.70. The molecule has 0 unspecified atom stereocenters. The third kappa shape index (κ3) is 6.52. The van der Waals surface area contributed by atoms with Crippen LogP contribution >= 0.6 is 22.9 Å². The van der Waals surface area contributed by atoms with Crippen molar-refractivity contribution in [1.82, 2.24) is 10.3 Å². The lowest BCUT2D eigenvalue weighted by Crippen LogP contribution is -2.24. The molecule has 0 aliphatic carbocycles. The number of halogens is 6. The van der Waals surface area contributed by atoms with Crippen molar-refractivity contribution in [2.45, 2.75) is 17.8 Å². The summed E-state index contributed by atoms with van der Waals surface area (Å²) in [5, 5.41) is 2.21. The van der Waals surface area contributed by atoms with Gasteiger partial charge in [0, 0.05) is 6.54 Å². The predicted molar refractivity (Wildman–Crippen MR) is 109 cm³/mol. The van der Waals surface area contributed by atoms with E-state index in [1.165, 1.54) is 6.20 Å². The van der Waals surface area contributed by atoms with Gasteiger partial charge in [0.05, 0.1) is 16.7 Å². The first-order chi connectivity index (χ1) is 15.3. The number of thiazole rings is 1. The summed E-state index contributed by atoms with van der Waals surface area (Å²) < 4.78 is 95.2. The lowest BCUT2D eigenvalue weighted by atomic mass is 10.1. The van der Waals surface area contributed by atoms with Gasteiger partial charge >= 0.3 is 6.36 Å². The zero-order chi connectivity index (χ0) is 24.4. The van der Waals surface area contributed by atoms with Gasteiger partial charge in [-0.05, 0) is 35.9 Å². The Morgan fingerprint density at radius 3 is 2.42 bits per heavy atom. The molecule has 2 N–H and O–H groups in total. The molecular weight excluding hydrogens is 517 g/mol. The van der Waals surface area contributed by atoms with Gasteiger partial charge in [-0.25, -0.2) is 22.2 Å². The van der Waals surface area contributed by atoms with Crippen LogP contribution in [0.15, 0.2) is 47.5 Å². The number of aromatic nitrogens is 1. The Labute approximate surface area is 192 Å². The minimum Gasteiger partial charge on any atom is -0.403 e. The Hall–Kier alpha value is -2.97. The van der Waals surface area contributed by atoms with E-state index in [2.05, 4.69) is 19.8 Å². The topological polar surface area (TPSA) is 97.4 Å². The highest BCUT2D eigenvalue weighted by atomic mass is 35.5. The number of benzene rings is 2. The van der Waals surface area contributed by atoms with Gasteiger partial charge in [0.2, 0.25) is 0 Å². The van der Waals surface area contributed by atoms with E-state index in [4.69, 9.17) is 11.6 Å². The van der Waals surface area contributed by atoms with Crippen LogP contribution in [0.25, 0.3) is 0 Å². The lowest BCUT2D eigenvalue weighted by molar-refractivity contribution is -0.275. The molecule has 0 aliphatic heterocycles. The molecule has 0 radical (unpaired) electrons. The minimum atomic E-state index is -5.07. The van der Waals surface area contributed by atoms with Gasteiger partial charge in [0.25, 0.3) is 15.9 Å². The number of rotatable bonds is 7. The number of hydrogen-bond acceptors (Lipinski definition) is 6. The Bertz CT molecular complexity index is 1300. The Morgan fingerprint density at radius 1 is 1.12 bits per heavy atom. The normalized spacial score (nSPS) is 11.8. The molecule has 0 aliphatic rings. The Morgan fingerprint density at radius 2 is 1.85 bits per heavy atom. The van der Waals surface area contributed by atoms with Gasteiger partial charge in [-0.15, -0.1) is 13.2 Å². The quantitative estimate of drug-likeness (QED) is 0.434. The Balaban J connectivity index is 1.68. The second kappa shape index (κ2) is 9.49. The SMILES string of the molecule is O=C(NCc1ccc(OC(F)(F)F)c(F)c1)c1ccc(S(=O)(=O)Nc2ncc(Cl)s2)cc1F. The fourth-order valence-electron chi connectivity index (χ4n) is 2.46. The van der Waals surface area contributed by atoms with E-state index in [0.717, 1.165) is 35.6 Å². The van der Waals surface area contributed by atoms with Crippen molar-refractivity contribution in [2.75, 3.05) is 4.72 Å². The van der Waals surface area contributed by atoms with E-state index in [-0.39, 0.29) is 21.6 Å². The van der Waals surface area contributed by atoms with E-state index < -0.39 is 50.1 Å². The zero-order valence-electron chi connectivity index (χ0n) is 15.9.